The van der Waals surface area contributed by atoms with Gasteiger partial charge in [-0.05, 0) is 19.1 Å². The Morgan fingerprint density at radius 2 is 1.72 bits per heavy atom. The lowest BCUT2D eigenvalue weighted by molar-refractivity contribution is -0.140. The number of hydrogen-bond donors (Lipinski definition) is 2. The smallest absolute Gasteiger partial charge is 0.406 e. The Bertz CT molecular complexity index is 425. The van der Waals surface area contributed by atoms with Crippen molar-refractivity contribution in [2.75, 3.05) is 13.1 Å². The van der Waals surface area contributed by atoms with Gasteiger partial charge in [0.25, 0.3) is 5.91 Å². The van der Waals surface area contributed by atoms with Crippen molar-refractivity contribution in [1.82, 2.24) is 4.90 Å². The maximum atomic E-state index is 12.2. The first-order valence-electron chi connectivity index (χ1n) is 5.12. The van der Waals surface area contributed by atoms with E-state index in [-0.39, 0.29) is 23.6 Å². The summed E-state index contributed by atoms with van der Waals surface area (Å²) in [7, 11) is 0. The van der Waals surface area contributed by atoms with Gasteiger partial charge in [0.1, 0.15) is 18.0 Å². The molecule has 0 aliphatic carbocycles. The number of halogens is 3. The Balaban J connectivity index is 2.96. The molecule has 0 saturated carbocycles. The number of alkyl halides is 3. The largest absolute Gasteiger partial charge is 0.508 e. The first-order chi connectivity index (χ1) is 8.23. The lowest BCUT2D eigenvalue weighted by atomic mass is 10.1. The van der Waals surface area contributed by atoms with Crippen molar-refractivity contribution >= 4 is 5.91 Å². The molecule has 1 aromatic carbocycles. The van der Waals surface area contributed by atoms with Gasteiger partial charge < -0.3 is 15.1 Å². The van der Waals surface area contributed by atoms with Gasteiger partial charge in [0, 0.05) is 18.2 Å². The van der Waals surface area contributed by atoms with E-state index in [2.05, 4.69) is 0 Å². The third-order valence-corrected chi connectivity index (χ3v) is 2.19. The average Bonchev–Trinajstić information content (AvgIpc) is 2.22. The van der Waals surface area contributed by atoms with Crippen LogP contribution in [-0.4, -0.2) is 40.3 Å². The second kappa shape index (κ2) is 5.16. The van der Waals surface area contributed by atoms with Crippen molar-refractivity contribution < 1.29 is 28.2 Å². The van der Waals surface area contributed by atoms with Crippen molar-refractivity contribution in [3.8, 4) is 11.5 Å². The quantitative estimate of drug-likeness (QED) is 0.878. The van der Waals surface area contributed by atoms with Gasteiger partial charge in [-0.1, -0.05) is 0 Å². The van der Waals surface area contributed by atoms with Crippen LogP contribution in [0.3, 0.4) is 0 Å². The molecule has 7 heteroatoms. The highest BCUT2D eigenvalue weighted by Crippen LogP contribution is 2.23. The Hall–Kier alpha value is -1.92. The zero-order valence-corrected chi connectivity index (χ0v) is 9.53. The molecule has 0 aliphatic rings. The Morgan fingerprint density at radius 1 is 1.22 bits per heavy atom. The first-order valence-corrected chi connectivity index (χ1v) is 5.12. The first kappa shape index (κ1) is 14.1. The number of benzene rings is 1. The van der Waals surface area contributed by atoms with Crippen molar-refractivity contribution in [3.05, 3.63) is 23.8 Å². The summed E-state index contributed by atoms with van der Waals surface area (Å²) in [4.78, 5) is 12.3. The molecule has 0 atom stereocenters. The van der Waals surface area contributed by atoms with Crippen LogP contribution in [0.5, 0.6) is 11.5 Å². The standard InChI is InChI=1S/C11H12F3NO3/c1-2-15(6-11(12,13)14)10(18)7-3-8(16)5-9(17)4-7/h3-5,16-17H,2,6H2,1H3. The Kier molecular flexibility index (Phi) is 4.05. The van der Waals surface area contributed by atoms with Gasteiger partial charge in [-0.15, -0.1) is 0 Å². The lowest BCUT2D eigenvalue weighted by Gasteiger charge is -2.22. The van der Waals surface area contributed by atoms with Gasteiger partial charge >= 0.3 is 6.18 Å². The Morgan fingerprint density at radius 3 is 2.11 bits per heavy atom. The summed E-state index contributed by atoms with van der Waals surface area (Å²) >= 11 is 0. The van der Waals surface area contributed by atoms with Crippen LogP contribution in [0.15, 0.2) is 18.2 Å². The second-order valence-corrected chi connectivity index (χ2v) is 3.67. The second-order valence-electron chi connectivity index (χ2n) is 3.67. The van der Waals surface area contributed by atoms with Crippen LogP contribution in [0.2, 0.25) is 0 Å². The van der Waals surface area contributed by atoms with Crippen molar-refractivity contribution in [2.45, 2.75) is 13.1 Å². The highest BCUT2D eigenvalue weighted by molar-refractivity contribution is 5.95. The fourth-order valence-corrected chi connectivity index (χ4v) is 1.44. The molecule has 0 aromatic heterocycles. The van der Waals surface area contributed by atoms with E-state index >= 15 is 0 Å². The minimum absolute atomic E-state index is 0.130. The molecule has 0 spiro atoms. The highest BCUT2D eigenvalue weighted by Gasteiger charge is 2.32. The molecule has 0 saturated heterocycles. The average molecular weight is 263 g/mol. The summed E-state index contributed by atoms with van der Waals surface area (Å²) in [6.45, 7) is -0.0974. The predicted octanol–water partition coefficient (Wildman–Crippen LogP) is 2.12. The van der Waals surface area contributed by atoms with Crippen molar-refractivity contribution in [2.24, 2.45) is 0 Å². The number of aromatic hydroxyl groups is 2. The number of phenols is 2. The number of nitrogens with zero attached hydrogens (tertiary/aromatic N) is 1. The summed E-state index contributed by atoms with van der Waals surface area (Å²) in [6.07, 6.45) is -4.50. The van der Waals surface area contributed by atoms with Crippen LogP contribution in [0.25, 0.3) is 0 Å². The van der Waals surface area contributed by atoms with Crippen LogP contribution in [0.4, 0.5) is 13.2 Å². The highest BCUT2D eigenvalue weighted by atomic mass is 19.4. The molecule has 0 unspecified atom stereocenters. The monoisotopic (exact) mass is 263 g/mol. The molecule has 1 aromatic rings. The van der Waals surface area contributed by atoms with E-state index in [9.17, 15) is 28.2 Å². The van der Waals surface area contributed by atoms with E-state index in [1.165, 1.54) is 6.92 Å². The molecule has 2 N–H and O–H groups in total. The molecule has 1 rings (SSSR count). The summed E-state index contributed by atoms with van der Waals surface area (Å²) in [5.74, 6) is -1.68. The van der Waals surface area contributed by atoms with Crippen LogP contribution in [0, 0.1) is 0 Å². The van der Waals surface area contributed by atoms with Crippen LogP contribution >= 0.6 is 0 Å². The summed E-state index contributed by atoms with van der Waals surface area (Å²) in [5.41, 5.74) is -0.196. The summed E-state index contributed by atoms with van der Waals surface area (Å²) in [5, 5.41) is 18.4. The van der Waals surface area contributed by atoms with Crippen LogP contribution < -0.4 is 0 Å². The molecule has 0 heterocycles. The molecule has 1 amide bonds. The topological polar surface area (TPSA) is 60.8 Å². The van der Waals surface area contributed by atoms with Gasteiger partial charge in [0.15, 0.2) is 0 Å². The molecule has 100 valence electrons. The van der Waals surface area contributed by atoms with Gasteiger partial charge in [-0.25, -0.2) is 0 Å². The summed E-state index contributed by atoms with van der Waals surface area (Å²) in [6, 6.07) is 2.99. The van der Waals surface area contributed by atoms with Crippen LogP contribution in [0.1, 0.15) is 17.3 Å². The number of rotatable bonds is 3. The normalized spacial score (nSPS) is 11.3. The zero-order valence-electron chi connectivity index (χ0n) is 9.53. The Labute approximate surface area is 101 Å². The predicted molar refractivity (Wildman–Crippen MR) is 57.4 cm³/mol. The number of amides is 1. The van der Waals surface area contributed by atoms with E-state index in [4.69, 9.17) is 0 Å². The summed E-state index contributed by atoms with van der Waals surface area (Å²) < 4.78 is 36.7. The van der Waals surface area contributed by atoms with Gasteiger partial charge in [0.2, 0.25) is 0 Å². The van der Waals surface area contributed by atoms with Gasteiger partial charge in [-0.3, -0.25) is 4.79 Å². The number of hydrogen-bond acceptors (Lipinski definition) is 3. The molecule has 4 nitrogen and oxygen atoms in total. The van der Waals surface area contributed by atoms with Gasteiger partial charge in [0.05, 0.1) is 0 Å². The number of phenolic OH excluding ortho intramolecular Hbond substituents is 2. The van der Waals surface area contributed by atoms with Crippen molar-refractivity contribution in [1.29, 1.82) is 0 Å². The molecule has 0 radical (unpaired) electrons. The molecule has 18 heavy (non-hydrogen) atoms. The van der Waals surface area contributed by atoms with Crippen molar-refractivity contribution in [3.63, 3.8) is 0 Å². The molecular weight excluding hydrogens is 251 g/mol. The van der Waals surface area contributed by atoms with E-state index in [1.54, 1.807) is 0 Å². The van der Waals surface area contributed by atoms with Crippen LogP contribution in [-0.2, 0) is 0 Å². The SMILES string of the molecule is CCN(CC(F)(F)F)C(=O)c1cc(O)cc(O)c1. The zero-order chi connectivity index (χ0) is 13.9. The maximum absolute atomic E-state index is 12.2. The molecule has 0 fully saturated rings. The fraction of sp³-hybridized carbons (Fsp3) is 0.364. The van der Waals surface area contributed by atoms with E-state index < -0.39 is 18.6 Å². The van der Waals surface area contributed by atoms with E-state index in [0.29, 0.717) is 4.90 Å². The third-order valence-electron chi connectivity index (χ3n) is 2.19. The third kappa shape index (κ3) is 3.83. The molecule has 0 bridgehead atoms. The molecular formula is C11H12F3NO3. The lowest BCUT2D eigenvalue weighted by Crippen LogP contribution is -2.38. The van der Waals surface area contributed by atoms with E-state index in [0.717, 1.165) is 18.2 Å². The van der Waals surface area contributed by atoms with E-state index in [1.807, 2.05) is 0 Å². The minimum Gasteiger partial charge on any atom is -0.508 e. The van der Waals surface area contributed by atoms with Gasteiger partial charge in [-0.2, -0.15) is 13.2 Å². The minimum atomic E-state index is -4.50. The molecule has 0 aliphatic heterocycles. The number of carbonyl (C=O) groups is 1. The maximum Gasteiger partial charge on any atom is 0.406 e. The number of carbonyl (C=O) groups excluding carboxylic acids is 1. The fourth-order valence-electron chi connectivity index (χ4n) is 1.44.